The van der Waals surface area contributed by atoms with E-state index < -0.39 is 15.9 Å². The van der Waals surface area contributed by atoms with Crippen molar-refractivity contribution >= 4 is 33.2 Å². The molecule has 1 aromatic carbocycles. The third-order valence-corrected chi connectivity index (χ3v) is 6.01. The first kappa shape index (κ1) is 19.1. The monoisotopic (exact) mass is 366 g/mol. The van der Waals surface area contributed by atoms with Gasteiger partial charge in [0.05, 0.1) is 4.90 Å². The first-order valence-electron chi connectivity index (χ1n) is 8.07. The number of anilines is 1. The largest absolute Gasteiger partial charge is 0.321 e. The molecule has 8 nitrogen and oxygen atoms in total. The summed E-state index contributed by atoms with van der Waals surface area (Å²) < 4.78 is 26.6. The third kappa shape index (κ3) is 4.23. The van der Waals surface area contributed by atoms with E-state index in [1.54, 1.807) is 26.8 Å². The van der Waals surface area contributed by atoms with Crippen molar-refractivity contribution in [2.24, 2.45) is 5.10 Å². The number of aryl methyl sites for hydroxylation is 1. The second-order valence-corrected chi connectivity index (χ2v) is 7.55. The number of amides is 2. The summed E-state index contributed by atoms with van der Waals surface area (Å²) in [6.07, 6.45) is 0.440. The van der Waals surface area contributed by atoms with Gasteiger partial charge in [-0.1, -0.05) is 19.9 Å². The van der Waals surface area contributed by atoms with Crippen LogP contribution in [0.25, 0.3) is 0 Å². The smallest absolute Gasteiger partial charge is 0.271 e. The lowest BCUT2D eigenvalue weighted by atomic mass is 10.1. The summed E-state index contributed by atoms with van der Waals surface area (Å²) in [4.78, 5) is 23.5. The van der Waals surface area contributed by atoms with Crippen LogP contribution in [0.2, 0.25) is 0 Å². The highest BCUT2D eigenvalue weighted by Crippen LogP contribution is 2.23. The number of nitrogens with one attached hydrogen (secondary N) is 2. The Morgan fingerprint density at radius 1 is 1.28 bits per heavy atom. The number of hydrogen-bond acceptors (Lipinski definition) is 5. The van der Waals surface area contributed by atoms with Gasteiger partial charge in [-0.3, -0.25) is 9.59 Å². The van der Waals surface area contributed by atoms with Gasteiger partial charge in [-0.25, -0.2) is 13.8 Å². The molecule has 0 aliphatic carbocycles. The van der Waals surface area contributed by atoms with E-state index in [4.69, 9.17) is 0 Å². The Morgan fingerprint density at radius 2 is 1.96 bits per heavy atom. The minimum atomic E-state index is -3.61. The number of rotatable bonds is 6. The first-order valence-corrected chi connectivity index (χ1v) is 9.51. The lowest BCUT2D eigenvalue weighted by Gasteiger charge is -2.19. The average molecular weight is 366 g/mol. The van der Waals surface area contributed by atoms with Gasteiger partial charge in [0.25, 0.3) is 5.91 Å². The number of carbonyl (C=O) groups is 2. The van der Waals surface area contributed by atoms with Crippen molar-refractivity contribution in [2.75, 3.05) is 18.4 Å². The predicted molar refractivity (Wildman–Crippen MR) is 94.7 cm³/mol. The molecule has 0 aromatic heterocycles. The summed E-state index contributed by atoms with van der Waals surface area (Å²) in [5.74, 6) is -0.694. The lowest BCUT2D eigenvalue weighted by molar-refractivity contribution is -0.121. The number of hydrogen-bond donors (Lipinski definition) is 2. The van der Waals surface area contributed by atoms with Gasteiger partial charge in [-0.05, 0) is 24.6 Å². The number of nitrogens with zero attached hydrogens (tertiary/aromatic N) is 2. The summed E-state index contributed by atoms with van der Waals surface area (Å²) in [7, 11) is -3.61. The second kappa shape index (κ2) is 7.75. The fourth-order valence-electron chi connectivity index (χ4n) is 2.44. The van der Waals surface area contributed by atoms with Crippen molar-refractivity contribution in [2.45, 2.75) is 38.5 Å². The molecule has 1 aromatic rings. The van der Waals surface area contributed by atoms with E-state index in [1.165, 1.54) is 16.4 Å². The Balaban J connectivity index is 2.28. The maximum Gasteiger partial charge on any atom is 0.271 e. The molecule has 0 radical (unpaired) electrons. The normalized spacial score (nSPS) is 14.9. The van der Waals surface area contributed by atoms with Gasteiger partial charge in [0, 0.05) is 31.6 Å². The molecule has 136 valence electrons. The van der Waals surface area contributed by atoms with Crippen molar-refractivity contribution in [3.63, 3.8) is 0 Å². The second-order valence-electron chi connectivity index (χ2n) is 5.61. The van der Waals surface area contributed by atoms with Gasteiger partial charge in [-0.15, -0.1) is 0 Å². The molecule has 9 heteroatoms. The molecule has 0 spiro atoms. The Morgan fingerprint density at radius 3 is 2.52 bits per heavy atom. The molecule has 0 saturated carbocycles. The molecular weight excluding hydrogens is 344 g/mol. The summed E-state index contributed by atoms with van der Waals surface area (Å²) in [5, 5.41) is 6.42. The van der Waals surface area contributed by atoms with Crippen LogP contribution in [0.4, 0.5) is 5.69 Å². The molecule has 1 heterocycles. The number of hydrazone groups is 1. The van der Waals surface area contributed by atoms with Crippen LogP contribution in [-0.2, 0) is 19.6 Å². The van der Waals surface area contributed by atoms with Gasteiger partial charge in [0.1, 0.15) is 5.71 Å². The SMILES string of the molecule is CCN(CC)S(=O)(=O)c1ccc(C)c(NC(=O)C2=NNC(=O)CC2)c1. The van der Waals surface area contributed by atoms with Gasteiger partial charge in [-0.2, -0.15) is 9.41 Å². The molecule has 25 heavy (non-hydrogen) atoms. The molecule has 0 fully saturated rings. The number of benzene rings is 1. The Labute approximate surface area is 147 Å². The van der Waals surface area contributed by atoms with Crippen molar-refractivity contribution in [1.29, 1.82) is 0 Å². The molecule has 2 amide bonds. The summed E-state index contributed by atoms with van der Waals surface area (Å²) in [6, 6.07) is 4.62. The molecule has 0 unspecified atom stereocenters. The van der Waals surface area contributed by atoms with Crippen LogP contribution in [-0.4, -0.2) is 43.3 Å². The van der Waals surface area contributed by atoms with Crippen LogP contribution in [0, 0.1) is 6.92 Å². The maximum absolute atomic E-state index is 12.6. The minimum Gasteiger partial charge on any atom is -0.321 e. The topological polar surface area (TPSA) is 108 Å². The van der Waals surface area contributed by atoms with Crippen molar-refractivity contribution in [3.8, 4) is 0 Å². The zero-order chi connectivity index (χ0) is 18.6. The molecule has 0 bridgehead atoms. The lowest BCUT2D eigenvalue weighted by Crippen LogP contribution is -2.33. The molecule has 2 rings (SSSR count). The zero-order valence-electron chi connectivity index (χ0n) is 14.5. The molecule has 2 N–H and O–H groups in total. The number of sulfonamides is 1. The van der Waals surface area contributed by atoms with Crippen LogP contribution in [0.15, 0.2) is 28.2 Å². The average Bonchev–Trinajstić information content (AvgIpc) is 2.58. The van der Waals surface area contributed by atoms with Gasteiger partial charge in [0.2, 0.25) is 15.9 Å². The van der Waals surface area contributed by atoms with Gasteiger partial charge < -0.3 is 5.32 Å². The van der Waals surface area contributed by atoms with Crippen LogP contribution in [0.1, 0.15) is 32.3 Å². The fourth-order valence-corrected chi connectivity index (χ4v) is 3.93. The standard InChI is InChI=1S/C16H22N4O4S/c1-4-20(5-2)25(23,24)12-7-6-11(3)14(10-12)17-16(22)13-8-9-15(21)19-18-13/h6-7,10H,4-5,8-9H2,1-3H3,(H,17,22)(H,19,21). The van der Waals surface area contributed by atoms with E-state index in [2.05, 4.69) is 15.8 Å². The predicted octanol–water partition coefficient (Wildman–Crippen LogP) is 1.23. The zero-order valence-corrected chi connectivity index (χ0v) is 15.3. The van der Waals surface area contributed by atoms with E-state index in [-0.39, 0.29) is 29.4 Å². The molecule has 1 aliphatic rings. The quantitative estimate of drug-likeness (QED) is 0.789. The number of carbonyl (C=O) groups excluding carboxylic acids is 2. The van der Waals surface area contributed by atoms with E-state index in [1.807, 2.05) is 0 Å². The summed E-state index contributed by atoms with van der Waals surface area (Å²) in [5.41, 5.74) is 3.60. The Hall–Kier alpha value is -2.26. The third-order valence-electron chi connectivity index (χ3n) is 3.97. The Bertz CT molecular complexity index is 813. The molecule has 0 saturated heterocycles. The summed E-state index contributed by atoms with van der Waals surface area (Å²) >= 11 is 0. The molecule has 1 aliphatic heterocycles. The first-order chi connectivity index (χ1) is 11.8. The van der Waals surface area contributed by atoms with Gasteiger partial charge >= 0.3 is 0 Å². The molecular formula is C16H22N4O4S. The van der Waals surface area contributed by atoms with E-state index in [0.717, 1.165) is 5.56 Å². The highest BCUT2D eigenvalue weighted by molar-refractivity contribution is 7.89. The fraction of sp³-hybridized carbons (Fsp3) is 0.438. The highest BCUT2D eigenvalue weighted by atomic mass is 32.2. The van der Waals surface area contributed by atoms with Gasteiger partial charge in [0.15, 0.2) is 0 Å². The van der Waals surface area contributed by atoms with Crippen molar-refractivity contribution < 1.29 is 18.0 Å². The maximum atomic E-state index is 12.6. The van der Waals surface area contributed by atoms with Crippen molar-refractivity contribution in [1.82, 2.24) is 9.73 Å². The summed E-state index contributed by atoms with van der Waals surface area (Å²) in [6.45, 7) is 6.05. The van der Waals surface area contributed by atoms with Crippen LogP contribution in [0.5, 0.6) is 0 Å². The van der Waals surface area contributed by atoms with Crippen molar-refractivity contribution in [3.05, 3.63) is 23.8 Å². The van der Waals surface area contributed by atoms with E-state index in [9.17, 15) is 18.0 Å². The van der Waals surface area contributed by atoms with Crippen LogP contribution < -0.4 is 10.7 Å². The molecule has 0 atom stereocenters. The Kier molecular flexibility index (Phi) is 5.91. The van der Waals surface area contributed by atoms with E-state index >= 15 is 0 Å². The van der Waals surface area contributed by atoms with Crippen LogP contribution in [0.3, 0.4) is 0 Å². The van der Waals surface area contributed by atoms with E-state index in [0.29, 0.717) is 18.8 Å². The van der Waals surface area contributed by atoms with Crippen LogP contribution >= 0.6 is 0 Å². The highest BCUT2D eigenvalue weighted by Gasteiger charge is 2.23. The minimum absolute atomic E-state index is 0.121.